The maximum atomic E-state index is 13.4. The van der Waals surface area contributed by atoms with Gasteiger partial charge in [0.2, 0.25) is 11.8 Å². The third kappa shape index (κ3) is 7.64. The Hall–Kier alpha value is -2.93. The zero-order valence-electron chi connectivity index (χ0n) is 19.3. The smallest absolute Gasteiger partial charge is 0.408 e. The Morgan fingerprint density at radius 1 is 1.25 bits per heavy atom. The topological polar surface area (TPSA) is 132 Å². The summed E-state index contributed by atoms with van der Waals surface area (Å²) in [7, 11) is 0. The molecule has 0 saturated carbocycles. The molecule has 0 aliphatic heterocycles. The third-order valence-electron chi connectivity index (χ3n) is 4.25. The second-order valence-corrected chi connectivity index (χ2v) is 8.95. The van der Waals surface area contributed by atoms with Crippen LogP contribution in [-0.4, -0.2) is 57.9 Å². The van der Waals surface area contributed by atoms with Gasteiger partial charge >= 0.3 is 6.09 Å². The number of hydrogen-bond donors (Lipinski definition) is 4. The summed E-state index contributed by atoms with van der Waals surface area (Å²) in [5.41, 5.74) is -0.109. The Balaban J connectivity index is 3.41. The van der Waals surface area contributed by atoms with Crippen LogP contribution in [0.3, 0.4) is 0 Å². The monoisotopic (exact) mass is 464 g/mol. The summed E-state index contributed by atoms with van der Waals surface area (Å²) in [6.45, 7) is 9.75. The first-order valence-electron chi connectivity index (χ1n) is 10.2. The molecule has 0 fully saturated rings. The number of benzene rings is 1. The minimum absolute atomic E-state index is 0.0989. The van der Waals surface area contributed by atoms with Gasteiger partial charge in [-0.15, -0.1) is 0 Å². The number of nitrogens with one attached hydrogen (secondary N) is 2. The van der Waals surface area contributed by atoms with Crippen molar-refractivity contribution in [2.24, 2.45) is 0 Å². The van der Waals surface area contributed by atoms with Crippen molar-refractivity contribution in [2.75, 3.05) is 12.3 Å². The highest BCUT2D eigenvalue weighted by Crippen LogP contribution is 2.32. The lowest BCUT2D eigenvalue weighted by atomic mass is 9.99. The van der Waals surface area contributed by atoms with Crippen molar-refractivity contribution < 1.29 is 24.2 Å². The van der Waals surface area contributed by atoms with Crippen LogP contribution in [0.4, 0.5) is 4.79 Å². The van der Waals surface area contributed by atoms with E-state index in [4.69, 9.17) is 4.74 Å². The van der Waals surface area contributed by atoms with Crippen LogP contribution < -0.4 is 10.6 Å². The van der Waals surface area contributed by atoms with E-state index in [0.717, 1.165) is 4.90 Å². The average molecular weight is 465 g/mol. The van der Waals surface area contributed by atoms with E-state index in [-0.39, 0.29) is 23.1 Å². The number of nitrogens with zero attached hydrogens (tertiary/aromatic N) is 2. The van der Waals surface area contributed by atoms with E-state index in [9.17, 15) is 24.8 Å². The molecule has 176 valence electrons. The van der Waals surface area contributed by atoms with Gasteiger partial charge in [-0.3, -0.25) is 9.59 Å². The quantitative estimate of drug-likeness (QED) is 0.345. The fourth-order valence-corrected chi connectivity index (χ4v) is 3.17. The van der Waals surface area contributed by atoms with E-state index < -0.39 is 42.1 Å². The molecule has 0 bridgehead atoms. The Labute approximate surface area is 194 Å². The molecular formula is C22H32N4O5S. The van der Waals surface area contributed by atoms with Gasteiger partial charge in [0.15, 0.2) is 0 Å². The Bertz CT molecular complexity index is 876. The first kappa shape index (κ1) is 27.1. The zero-order chi connectivity index (χ0) is 24.6. The predicted octanol–water partition coefficient (Wildman–Crippen LogP) is 2.44. The summed E-state index contributed by atoms with van der Waals surface area (Å²) in [6.07, 6.45) is -0.830. The van der Waals surface area contributed by atoms with Crippen LogP contribution in [0.5, 0.6) is 5.75 Å². The molecule has 0 saturated heterocycles. The first-order chi connectivity index (χ1) is 14.8. The maximum absolute atomic E-state index is 13.4. The number of aryl methyl sites for hydroxylation is 1. The standard InChI is InChI=1S/C22H32N4O5S/c1-13(2)24-19(28)17(15-9-7-8-14(3)18(15)27)26(11-10-23)20(29)16(12-32)25-21(30)31-22(4,5)6/h7-9,13,16-17,27,32H,11-12H2,1-6H3,(H,24,28)(H,25,30). The molecule has 0 spiro atoms. The Kier molecular flexibility index (Phi) is 9.84. The van der Waals surface area contributed by atoms with Crippen molar-refractivity contribution >= 4 is 30.5 Å². The fraction of sp³-hybridized carbons (Fsp3) is 0.545. The number of alkyl carbamates (subject to hydrolysis) is 1. The second kappa shape index (κ2) is 11.6. The molecule has 3 N–H and O–H groups in total. The lowest BCUT2D eigenvalue weighted by Gasteiger charge is -2.33. The number of thiol groups is 1. The number of phenolic OH excluding ortho intramolecular Hbond substituents is 1. The van der Waals surface area contributed by atoms with E-state index in [1.165, 1.54) is 6.07 Å². The molecule has 2 unspecified atom stereocenters. The van der Waals surface area contributed by atoms with Crippen LogP contribution in [0.15, 0.2) is 18.2 Å². The van der Waals surface area contributed by atoms with Gasteiger partial charge in [0.25, 0.3) is 0 Å². The predicted molar refractivity (Wildman–Crippen MR) is 123 cm³/mol. The highest BCUT2D eigenvalue weighted by molar-refractivity contribution is 7.80. The van der Waals surface area contributed by atoms with Crippen molar-refractivity contribution in [3.05, 3.63) is 29.3 Å². The molecule has 1 aromatic rings. The summed E-state index contributed by atoms with van der Waals surface area (Å²) in [5.74, 6) is -1.54. The summed E-state index contributed by atoms with van der Waals surface area (Å²) in [4.78, 5) is 39.7. The number of nitriles is 1. The van der Waals surface area contributed by atoms with Crippen molar-refractivity contribution in [1.82, 2.24) is 15.5 Å². The molecule has 0 aliphatic carbocycles. The second-order valence-electron chi connectivity index (χ2n) is 8.58. The summed E-state index contributed by atoms with van der Waals surface area (Å²) in [6, 6.07) is 3.99. The normalized spacial score (nSPS) is 13.0. The highest BCUT2D eigenvalue weighted by Gasteiger charge is 2.37. The van der Waals surface area contributed by atoms with E-state index in [2.05, 4.69) is 23.3 Å². The molecule has 10 heteroatoms. The lowest BCUT2D eigenvalue weighted by Crippen LogP contribution is -2.54. The van der Waals surface area contributed by atoms with E-state index in [0.29, 0.717) is 5.56 Å². The molecule has 0 heterocycles. The molecule has 0 aromatic heterocycles. The molecule has 2 atom stereocenters. The summed E-state index contributed by atoms with van der Waals surface area (Å²) < 4.78 is 5.20. The van der Waals surface area contributed by atoms with Gasteiger partial charge < -0.3 is 25.4 Å². The van der Waals surface area contributed by atoms with Crippen LogP contribution in [-0.2, 0) is 14.3 Å². The van der Waals surface area contributed by atoms with Gasteiger partial charge in [-0.1, -0.05) is 18.2 Å². The van der Waals surface area contributed by atoms with Crippen LogP contribution >= 0.6 is 12.6 Å². The highest BCUT2D eigenvalue weighted by atomic mass is 32.1. The van der Waals surface area contributed by atoms with Crippen LogP contribution in [0.25, 0.3) is 0 Å². The van der Waals surface area contributed by atoms with E-state index in [1.54, 1.807) is 53.7 Å². The van der Waals surface area contributed by atoms with Gasteiger partial charge in [0, 0.05) is 17.4 Å². The average Bonchev–Trinajstić information content (AvgIpc) is 2.66. The minimum atomic E-state index is -1.30. The maximum Gasteiger partial charge on any atom is 0.408 e. The van der Waals surface area contributed by atoms with Crippen molar-refractivity contribution in [2.45, 2.75) is 65.3 Å². The molecule has 9 nitrogen and oxygen atoms in total. The number of carbonyl (C=O) groups excluding carboxylic acids is 3. The van der Waals surface area contributed by atoms with Crippen molar-refractivity contribution in [3.63, 3.8) is 0 Å². The lowest BCUT2D eigenvalue weighted by molar-refractivity contribution is -0.141. The molecule has 1 rings (SSSR count). The van der Waals surface area contributed by atoms with Crippen LogP contribution in [0.1, 0.15) is 51.8 Å². The van der Waals surface area contributed by atoms with Gasteiger partial charge in [0.05, 0.1) is 6.07 Å². The molecule has 1 aromatic carbocycles. The minimum Gasteiger partial charge on any atom is -0.507 e. The fourth-order valence-electron chi connectivity index (χ4n) is 2.92. The third-order valence-corrected chi connectivity index (χ3v) is 4.62. The number of hydrogen-bond acceptors (Lipinski definition) is 7. The van der Waals surface area contributed by atoms with Crippen molar-refractivity contribution in [1.29, 1.82) is 5.26 Å². The van der Waals surface area contributed by atoms with Gasteiger partial charge in [0.1, 0.15) is 30.0 Å². The summed E-state index contributed by atoms with van der Waals surface area (Å²) in [5, 5.41) is 25.2. The van der Waals surface area contributed by atoms with E-state index in [1.807, 2.05) is 6.07 Å². The SMILES string of the molecule is Cc1cccc(C(C(=O)NC(C)C)N(CC#N)C(=O)C(CS)NC(=O)OC(C)(C)C)c1O. The number of aromatic hydroxyl groups is 1. The van der Waals surface area contributed by atoms with Gasteiger partial charge in [-0.2, -0.15) is 17.9 Å². The Morgan fingerprint density at radius 3 is 2.38 bits per heavy atom. The van der Waals surface area contributed by atoms with Crippen molar-refractivity contribution in [3.8, 4) is 11.8 Å². The molecule has 3 amide bonds. The van der Waals surface area contributed by atoms with Crippen LogP contribution in [0, 0.1) is 18.3 Å². The zero-order valence-corrected chi connectivity index (χ0v) is 20.2. The number of carbonyl (C=O) groups is 3. The molecule has 32 heavy (non-hydrogen) atoms. The van der Waals surface area contributed by atoms with Gasteiger partial charge in [-0.25, -0.2) is 4.79 Å². The molecular weight excluding hydrogens is 432 g/mol. The molecule has 0 radical (unpaired) electrons. The Morgan fingerprint density at radius 2 is 1.88 bits per heavy atom. The first-order valence-corrected chi connectivity index (χ1v) is 10.8. The number of ether oxygens (including phenoxy) is 1. The number of rotatable bonds is 8. The van der Waals surface area contributed by atoms with E-state index >= 15 is 0 Å². The largest absolute Gasteiger partial charge is 0.507 e. The number of amides is 3. The van der Waals surface area contributed by atoms with Gasteiger partial charge in [-0.05, 0) is 47.1 Å². The number of phenols is 1. The number of para-hydroxylation sites is 1. The summed E-state index contributed by atoms with van der Waals surface area (Å²) >= 11 is 4.15. The van der Waals surface area contributed by atoms with Crippen LogP contribution in [0.2, 0.25) is 0 Å². The molecule has 0 aliphatic rings.